The molecule has 3 N–H and O–H groups in total. The van der Waals surface area contributed by atoms with Gasteiger partial charge < -0.3 is 20.5 Å². The summed E-state index contributed by atoms with van der Waals surface area (Å²) < 4.78 is 41.6. The Bertz CT molecular complexity index is 985. The Hall–Kier alpha value is -3.04. The first kappa shape index (κ1) is 21.7. The van der Waals surface area contributed by atoms with Gasteiger partial charge in [0.15, 0.2) is 0 Å². The van der Waals surface area contributed by atoms with E-state index in [0.717, 1.165) is 5.56 Å². The van der Waals surface area contributed by atoms with Gasteiger partial charge in [0, 0.05) is 29.7 Å². The number of rotatable bonds is 8. The normalized spacial score (nSPS) is 11.2. The van der Waals surface area contributed by atoms with E-state index < -0.39 is 6.36 Å². The van der Waals surface area contributed by atoms with E-state index in [2.05, 4.69) is 25.3 Å². The zero-order chi connectivity index (χ0) is 21.6. The highest BCUT2D eigenvalue weighted by Crippen LogP contribution is 2.28. The molecule has 0 aliphatic carbocycles. The molecule has 3 aromatic rings. The number of aromatic nitrogens is 2. The maximum absolute atomic E-state index is 12.5. The van der Waals surface area contributed by atoms with E-state index in [1.165, 1.54) is 18.2 Å². The summed E-state index contributed by atoms with van der Waals surface area (Å²) in [4.78, 5) is 8.65. The minimum Gasteiger partial charge on any atom is -0.406 e. The van der Waals surface area contributed by atoms with Gasteiger partial charge in [-0.1, -0.05) is 35.9 Å². The van der Waals surface area contributed by atoms with Gasteiger partial charge in [-0.2, -0.15) is 4.98 Å². The van der Waals surface area contributed by atoms with Crippen molar-refractivity contribution < 1.29 is 23.0 Å². The summed E-state index contributed by atoms with van der Waals surface area (Å²) in [6.45, 7) is 0.539. The lowest BCUT2D eigenvalue weighted by Gasteiger charge is -2.13. The highest BCUT2D eigenvalue weighted by atomic mass is 35.5. The van der Waals surface area contributed by atoms with Crippen LogP contribution in [0.2, 0.25) is 5.02 Å². The zero-order valence-electron chi connectivity index (χ0n) is 15.6. The molecule has 0 saturated heterocycles. The van der Waals surface area contributed by atoms with Gasteiger partial charge in [0.25, 0.3) is 0 Å². The van der Waals surface area contributed by atoms with Crippen molar-refractivity contribution in [2.24, 2.45) is 0 Å². The smallest absolute Gasteiger partial charge is 0.406 e. The van der Waals surface area contributed by atoms with E-state index >= 15 is 0 Å². The van der Waals surface area contributed by atoms with Crippen LogP contribution in [0.5, 0.6) is 5.75 Å². The number of halogens is 4. The molecule has 0 spiro atoms. The third-order valence-electron chi connectivity index (χ3n) is 3.87. The molecular weight excluding hydrogens is 421 g/mol. The van der Waals surface area contributed by atoms with Gasteiger partial charge in [-0.05, 0) is 29.8 Å². The van der Waals surface area contributed by atoms with E-state index in [0.29, 0.717) is 28.6 Å². The number of nitrogens with zero attached hydrogens (tertiary/aromatic N) is 2. The van der Waals surface area contributed by atoms with E-state index in [1.54, 1.807) is 24.3 Å². The second-order valence-electron chi connectivity index (χ2n) is 6.17. The second-order valence-corrected chi connectivity index (χ2v) is 6.60. The minimum atomic E-state index is -4.79. The molecule has 6 nitrogen and oxygen atoms in total. The molecule has 0 radical (unpaired) electrons. The molecule has 0 bridgehead atoms. The molecule has 0 aliphatic heterocycles. The molecule has 158 valence electrons. The number of alkyl halides is 3. The molecule has 3 rings (SSSR count). The molecule has 30 heavy (non-hydrogen) atoms. The lowest BCUT2D eigenvalue weighted by atomic mass is 10.1. The highest BCUT2D eigenvalue weighted by Gasteiger charge is 2.31. The van der Waals surface area contributed by atoms with Crippen LogP contribution >= 0.6 is 11.6 Å². The third-order valence-corrected chi connectivity index (χ3v) is 4.12. The third kappa shape index (κ3) is 6.50. The van der Waals surface area contributed by atoms with E-state index in [-0.39, 0.29) is 24.8 Å². The number of hydrogen-bond acceptors (Lipinski definition) is 6. The van der Waals surface area contributed by atoms with Gasteiger partial charge in [0.05, 0.1) is 12.3 Å². The van der Waals surface area contributed by atoms with E-state index in [9.17, 15) is 13.2 Å². The Labute approximate surface area is 175 Å². The lowest BCUT2D eigenvalue weighted by Crippen LogP contribution is -2.17. The topological polar surface area (TPSA) is 79.3 Å². The molecule has 1 heterocycles. The number of ether oxygens (including phenoxy) is 1. The van der Waals surface area contributed by atoms with Crippen LogP contribution in [0.3, 0.4) is 0 Å². The molecule has 0 fully saturated rings. The van der Waals surface area contributed by atoms with Crippen LogP contribution in [0.25, 0.3) is 11.3 Å². The highest BCUT2D eigenvalue weighted by molar-refractivity contribution is 6.30. The Morgan fingerprint density at radius 1 is 1.00 bits per heavy atom. The van der Waals surface area contributed by atoms with Gasteiger partial charge in [0.2, 0.25) is 5.95 Å². The Morgan fingerprint density at radius 2 is 1.77 bits per heavy atom. The summed E-state index contributed by atoms with van der Waals surface area (Å²) >= 11 is 5.89. The summed E-state index contributed by atoms with van der Waals surface area (Å²) in [6, 6.07) is 14.4. The molecule has 0 aliphatic rings. The number of nitrogens with one attached hydrogen (secondary N) is 2. The lowest BCUT2D eigenvalue weighted by molar-refractivity contribution is -0.274. The Morgan fingerprint density at radius 3 is 2.47 bits per heavy atom. The quantitative estimate of drug-likeness (QED) is 0.472. The van der Waals surface area contributed by atoms with Crippen molar-refractivity contribution in [2.45, 2.75) is 12.9 Å². The summed E-state index contributed by atoms with van der Waals surface area (Å²) in [5.41, 5.74) is 1.77. The Kier molecular flexibility index (Phi) is 6.96. The SMILES string of the molecule is OCCNc1nc(NCc2ccc(Cl)cc2)cc(-c2cccc(OC(F)(F)F)c2)n1. The summed E-state index contributed by atoms with van der Waals surface area (Å²) in [6.07, 6.45) is -4.79. The average molecular weight is 439 g/mol. The summed E-state index contributed by atoms with van der Waals surface area (Å²) in [7, 11) is 0. The summed E-state index contributed by atoms with van der Waals surface area (Å²) in [5, 5.41) is 15.7. The average Bonchev–Trinajstić information content (AvgIpc) is 2.71. The van der Waals surface area contributed by atoms with Crippen molar-refractivity contribution in [1.29, 1.82) is 0 Å². The van der Waals surface area contributed by atoms with Crippen molar-refractivity contribution in [3.63, 3.8) is 0 Å². The number of hydrogen-bond donors (Lipinski definition) is 3. The maximum atomic E-state index is 12.5. The van der Waals surface area contributed by atoms with Crippen LogP contribution in [0.4, 0.5) is 24.9 Å². The standard InChI is InChI=1S/C20H18ClF3N4O2/c21-15-6-4-13(5-7-15)12-26-18-11-17(27-19(28-18)25-8-9-29)14-2-1-3-16(10-14)30-20(22,23)24/h1-7,10-11,29H,8-9,12H2,(H2,25,26,27,28). The fourth-order valence-electron chi connectivity index (χ4n) is 2.58. The number of anilines is 2. The largest absolute Gasteiger partial charge is 0.573 e. The molecule has 0 atom stereocenters. The van der Waals surface area contributed by atoms with Gasteiger partial charge >= 0.3 is 6.36 Å². The van der Waals surface area contributed by atoms with E-state index in [1.807, 2.05) is 12.1 Å². The number of aliphatic hydroxyl groups is 1. The predicted octanol–water partition coefficient (Wildman–Crippen LogP) is 4.71. The zero-order valence-corrected chi connectivity index (χ0v) is 16.3. The van der Waals surface area contributed by atoms with Crippen LogP contribution < -0.4 is 15.4 Å². The monoisotopic (exact) mass is 438 g/mol. The van der Waals surface area contributed by atoms with Crippen molar-refractivity contribution in [3.05, 3.63) is 65.2 Å². The first-order valence-electron chi connectivity index (χ1n) is 8.91. The predicted molar refractivity (Wildman–Crippen MR) is 109 cm³/mol. The van der Waals surface area contributed by atoms with Gasteiger partial charge in [-0.3, -0.25) is 0 Å². The van der Waals surface area contributed by atoms with Crippen LogP contribution in [0.15, 0.2) is 54.6 Å². The molecule has 0 unspecified atom stereocenters. The molecule has 1 aromatic heterocycles. The fraction of sp³-hybridized carbons (Fsp3) is 0.200. The van der Waals surface area contributed by atoms with Crippen molar-refractivity contribution in [3.8, 4) is 17.0 Å². The fourth-order valence-corrected chi connectivity index (χ4v) is 2.71. The molecule has 2 aromatic carbocycles. The van der Waals surface area contributed by atoms with Crippen LogP contribution in [0.1, 0.15) is 5.56 Å². The van der Waals surface area contributed by atoms with Gasteiger partial charge in [0.1, 0.15) is 11.6 Å². The first-order valence-corrected chi connectivity index (χ1v) is 9.28. The van der Waals surface area contributed by atoms with Gasteiger partial charge in [-0.15, -0.1) is 13.2 Å². The van der Waals surface area contributed by atoms with Crippen molar-refractivity contribution in [2.75, 3.05) is 23.8 Å². The number of benzene rings is 2. The Balaban J connectivity index is 1.86. The number of aliphatic hydroxyl groups excluding tert-OH is 1. The molecule has 0 amide bonds. The first-order chi connectivity index (χ1) is 14.3. The molecule has 0 saturated carbocycles. The van der Waals surface area contributed by atoms with Crippen LogP contribution in [-0.4, -0.2) is 34.6 Å². The van der Waals surface area contributed by atoms with E-state index in [4.69, 9.17) is 16.7 Å². The molecule has 10 heteroatoms. The summed E-state index contributed by atoms with van der Waals surface area (Å²) in [5.74, 6) is 0.332. The van der Waals surface area contributed by atoms with Crippen molar-refractivity contribution >= 4 is 23.4 Å². The van der Waals surface area contributed by atoms with Gasteiger partial charge in [-0.25, -0.2) is 4.98 Å². The minimum absolute atomic E-state index is 0.129. The van der Waals surface area contributed by atoms with Crippen molar-refractivity contribution in [1.82, 2.24) is 9.97 Å². The maximum Gasteiger partial charge on any atom is 0.573 e. The van der Waals surface area contributed by atoms with Crippen LogP contribution in [-0.2, 0) is 6.54 Å². The molecular formula is C20H18ClF3N4O2. The van der Waals surface area contributed by atoms with Crippen LogP contribution in [0, 0.1) is 0 Å². The second kappa shape index (κ2) is 9.64.